The van der Waals surface area contributed by atoms with Crippen molar-refractivity contribution in [1.29, 1.82) is 0 Å². The van der Waals surface area contributed by atoms with Crippen LogP contribution in [0.1, 0.15) is 0 Å². The molecular formula is C7H11N3O2S. The van der Waals surface area contributed by atoms with Crippen molar-refractivity contribution >= 4 is 9.84 Å². The molecule has 0 aliphatic carbocycles. The molecule has 2 heterocycles. The second kappa shape index (κ2) is 2.81. The summed E-state index contributed by atoms with van der Waals surface area (Å²) in [5.74, 6) is 0. The van der Waals surface area contributed by atoms with Crippen LogP contribution >= 0.6 is 0 Å². The van der Waals surface area contributed by atoms with Gasteiger partial charge in [-0.15, -0.1) is 0 Å². The van der Waals surface area contributed by atoms with Gasteiger partial charge in [0.2, 0.25) is 15.0 Å². The van der Waals surface area contributed by atoms with E-state index >= 15 is 0 Å². The average Bonchev–Trinajstić information content (AvgIpc) is 2.29. The highest BCUT2D eigenvalue weighted by molar-refractivity contribution is 7.92. The van der Waals surface area contributed by atoms with Crippen molar-refractivity contribution in [2.75, 3.05) is 13.1 Å². The third kappa shape index (κ3) is 1.26. The van der Waals surface area contributed by atoms with Crippen LogP contribution in [-0.2, 0) is 16.9 Å². The number of nitrogens with zero attached hydrogens (tertiary/aromatic N) is 2. The SMILES string of the molecule is Cn1ccnc1S(=O)(=O)C1CNC1. The zero-order valence-electron chi connectivity index (χ0n) is 7.27. The number of imidazole rings is 1. The molecule has 0 atom stereocenters. The lowest BCUT2D eigenvalue weighted by Gasteiger charge is -2.26. The Bertz CT molecular complexity index is 405. The van der Waals surface area contributed by atoms with Crippen LogP contribution in [0.5, 0.6) is 0 Å². The van der Waals surface area contributed by atoms with Crippen molar-refractivity contribution in [3.8, 4) is 0 Å². The molecule has 72 valence electrons. The zero-order chi connectivity index (χ0) is 9.47. The Kier molecular flexibility index (Phi) is 1.88. The summed E-state index contributed by atoms with van der Waals surface area (Å²) >= 11 is 0. The average molecular weight is 201 g/mol. The van der Waals surface area contributed by atoms with Gasteiger partial charge in [-0.2, -0.15) is 0 Å². The summed E-state index contributed by atoms with van der Waals surface area (Å²) in [7, 11) is -1.51. The van der Waals surface area contributed by atoms with E-state index in [0.29, 0.717) is 13.1 Å². The summed E-state index contributed by atoms with van der Waals surface area (Å²) in [6, 6.07) is 0. The molecule has 13 heavy (non-hydrogen) atoms. The van der Waals surface area contributed by atoms with E-state index in [1.54, 1.807) is 13.2 Å². The van der Waals surface area contributed by atoms with Crippen molar-refractivity contribution in [3.63, 3.8) is 0 Å². The molecule has 0 aromatic carbocycles. The molecule has 1 aliphatic rings. The Morgan fingerprint density at radius 3 is 2.69 bits per heavy atom. The molecule has 0 unspecified atom stereocenters. The summed E-state index contributed by atoms with van der Waals surface area (Å²) in [4.78, 5) is 3.84. The Morgan fingerprint density at radius 1 is 1.62 bits per heavy atom. The van der Waals surface area contributed by atoms with Gasteiger partial charge >= 0.3 is 0 Å². The van der Waals surface area contributed by atoms with Gasteiger partial charge in [0, 0.05) is 32.5 Å². The summed E-state index contributed by atoms with van der Waals surface area (Å²) in [6.45, 7) is 1.07. The molecule has 0 radical (unpaired) electrons. The second-order valence-corrected chi connectivity index (χ2v) is 5.27. The lowest BCUT2D eigenvalue weighted by atomic mass is 10.3. The lowest BCUT2D eigenvalue weighted by Crippen LogP contribution is -2.51. The van der Waals surface area contributed by atoms with Gasteiger partial charge in [0.1, 0.15) is 0 Å². The largest absolute Gasteiger partial charge is 0.325 e. The number of sulfone groups is 1. The van der Waals surface area contributed by atoms with E-state index in [0.717, 1.165) is 0 Å². The molecule has 1 saturated heterocycles. The van der Waals surface area contributed by atoms with Crippen LogP contribution < -0.4 is 5.32 Å². The number of aromatic nitrogens is 2. The molecule has 6 heteroatoms. The molecule has 1 N–H and O–H groups in total. The van der Waals surface area contributed by atoms with E-state index in [-0.39, 0.29) is 10.4 Å². The van der Waals surface area contributed by atoms with Crippen molar-refractivity contribution in [1.82, 2.24) is 14.9 Å². The van der Waals surface area contributed by atoms with Gasteiger partial charge in [0.15, 0.2) is 0 Å². The Hall–Kier alpha value is -0.880. The molecular weight excluding hydrogens is 190 g/mol. The fourth-order valence-corrected chi connectivity index (χ4v) is 2.90. The van der Waals surface area contributed by atoms with Crippen LogP contribution in [0.2, 0.25) is 0 Å². The minimum atomic E-state index is -3.20. The Morgan fingerprint density at radius 2 is 2.31 bits per heavy atom. The fraction of sp³-hybridized carbons (Fsp3) is 0.571. The number of aryl methyl sites for hydroxylation is 1. The van der Waals surface area contributed by atoms with Gasteiger partial charge in [-0.25, -0.2) is 13.4 Å². The van der Waals surface area contributed by atoms with Crippen LogP contribution in [-0.4, -0.2) is 36.3 Å². The normalized spacial score (nSPS) is 18.5. The first-order chi connectivity index (χ1) is 6.12. The van der Waals surface area contributed by atoms with E-state index < -0.39 is 9.84 Å². The second-order valence-electron chi connectivity index (χ2n) is 3.15. The van der Waals surface area contributed by atoms with Gasteiger partial charge in [0.25, 0.3) is 0 Å². The van der Waals surface area contributed by atoms with Gasteiger partial charge in [-0.3, -0.25) is 0 Å². The van der Waals surface area contributed by atoms with Crippen LogP contribution in [0.4, 0.5) is 0 Å². The first-order valence-corrected chi connectivity index (χ1v) is 5.59. The molecule has 0 bridgehead atoms. The van der Waals surface area contributed by atoms with Crippen LogP contribution in [0.3, 0.4) is 0 Å². The fourth-order valence-electron chi connectivity index (χ4n) is 1.26. The predicted octanol–water partition coefficient (Wildman–Crippen LogP) is -0.834. The Balaban J connectivity index is 2.39. The van der Waals surface area contributed by atoms with Crippen molar-refractivity contribution in [2.24, 2.45) is 7.05 Å². The third-order valence-corrected chi connectivity index (χ3v) is 4.33. The van der Waals surface area contributed by atoms with Crippen molar-refractivity contribution in [3.05, 3.63) is 12.4 Å². The molecule has 0 saturated carbocycles. The van der Waals surface area contributed by atoms with E-state index in [1.807, 2.05) is 0 Å². The maximum absolute atomic E-state index is 11.8. The van der Waals surface area contributed by atoms with E-state index in [4.69, 9.17) is 0 Å². The summed E-state index contributed by atoms with van der Waals surface area (Å²) < 4.78 is 25.1. The quantitative estimate of drug-likeness (QED) is 0.678. The molecule has 0 amide bonds. The summed E-state index contributed by atoms with van der Waals surface area (Å²) in [6.07, 6.45) is 3.14. The van der Waals surface area contributed by atoms with E-state index in [1.165, 1.54) is 10.8 Å². The molecule has 1 aliphatic heterocycles. The molecule has 1 aromatic rings. The van der Waals surface area contributed by atoms with Crippen molar-refractivity contribution < 1.29 is 8.42 Å². The van der Waals surface area contributed by atoms with Crippen LogP contribution in [0, 0.1) is 0 Å². The van der Waals surface area contributed by atoms with E-state index in [9.17, 15) is 8.42 Å². The first-order valence-electron chi connectivity index (χ1n) is 4.04. The van der Waals surface area contributed by atoms with Gasteiger partial charge in [-0.05, 0) is 0 Å². The topological polar surface area (TPSA) is 64.0 Å². The predicted molar refractivity (Wildman–Crippen MR) is 47.1 cm³/mol. The monoisotopic (exact) mass is 201 g/mol. The molecule has 1 fully saturated rings. The highest BCUT2D eigenvalue weighted by atomic mass is 32.2. The summed E-state index contributed by atoms with van der Waals surface area (Å²) in [5.41, 5.74) is 0. The highest BCUT2D eigenvalue weighted by Crippen LogP contribution is 2.15. The maximum atomic E-state index is 11.8. The van der Waals surface area contributed by atoms with Crippen molar-refractivity contribution in [2.45, 2.75) is 10.4 Å². The minimum Gasteiger partial charge on any atom is -0.325 e. The van der Waals surface area contributed by atoms with Gasteiger partial charge in [0.05, 0.1) is 5.25 Å². The molecule has 5 nitrogen and oxygen atoms in total. The van der Waals surface area contributed by atoms with Gasteiger partial charge in [-0.1, -0.05) is 0 Å². The van der Waals surface area contributed by atoms with Crippen LogP contribution in [0.25, 0.3) is 0 Å². The number of hydrogen-bond acceptors (Lipinski definition) is 4. The first kappa shape index (κ1) is 8.71. The Labute approximate surface area is 76.7 Å². The highest BCUT2D eigenvalue weighted by Gasteiger charge is 2.34. The number of nitrogens with one attached hydrogen (secondary N) is 1. The number of rotatable bonds is 2. The zero-order valence-corrected chi connectivity index (χ0v) is 8.08. The maximum Gasteiger partial charge on any atom is 0.227 e. The smallest absolute Gasteiger partial charge is 0.227 e. The lowest BCUT2D eigenvalue weighted by molar-refractivity contribution is 0.487. The van der Waals surface area contributed by atoms with Gasteiger partial charge < -0.3 is 9.88 Å². The standard InChI is InChI=1S/C7H11N3O2S/c1-10-3-2-9-7(10)13(11,12)6-4-8-5-6/h2-3,6,8H,4-5H2,1H3. The molecule has 1 aromatic heterocycles. The van der Waals surface area contributed by atoms with E-state index in [2.05, 4.69) is 10.3 Å². The van der Waals surface area contributed by atoms with Crippen LogP contribution in [0.15, 0.2) is 17.6 Å². The summed E-state index contributed by atoms with van der Waals surface area (Å²) in [5, 5.41) is 2.80. The number of hydrogen-bond donors (Lipinski definition) is 1. The minimum absolute atomic E-state index is 0.166. The molecule has 0 spiro atoms. The molecule has 2 rings (SSSR count). The third-order valence-electron chi connectivity index (χ3n) is 2.21.